The van der Waals surface area contributed by atoms with Gasteiger partial charge in [0.1, 0.15) is 18.7 Å². The van der Waals surface area contributed by atoms with E-state index < -0.39 is 28.8 Å². The van der Waals surface area contributed by atoms with Gasteiger partial charge in [0.05, 0.1) is 4.90 Å². The minimum absolute atomic E-state index is 0.104. The van der Waals surface area contributed by atoms with E-state index in [1.807, 2.05) is 0 Å². The normalized spacial score (nSPS) is 15.5. The van der Waals surface area contributed by atoms with Crippen LogP contribution in [-0.2, 0) is 10.1 Å². The molecule has 0 aromatic heterocycles. The van der Waals surface area contributed by atoms with Crippen LogP contribution in [0.5, 0.6) is 0 Å². The summed E-state index contributed by atoms with van der Waals surface area (Å²) >= 11 is 0. The monoisotopic (exact) mass is 333 g/mol. The van der Waals surface area contributed by atoms with Gasteiger partial charge in [-0.1, -0.05) is 24.8 Å². The Morgan fingerprint density at radius 3 is 1.55 bits per heavy atom. The molecule has 0 spiro atoms. The van der Waals surface area contributed by atoms with Crippen molar-refractivity contribution in [1.82, 2.24) is 4.90 Å². The highest BCUT2D eigenvalue weighted by Crippen LogP contribution is 2.10. The zero-order valence-corrected chi connectivity index (χ0v) is 13.6. The highest BCUT2D eigenvalue weighted by atomic mass is 32.2. The lowest BCUT2D eigenvalue weighted by Gasteiger charge is -2.30. The highest BCUT2D eigenvalue weighted by Gasteiger charge is 2.20. The molecule has 0 saturated carbocycles. The Balaban J connectivity index is 0.000000409. The van der Waals surface area contributed by atoms with Crippen LogP contribution >= 0.6 is 0 Å². The molecule has 8 heteroatoms. The Morgan fingerprint density at radius 2 is 1.36 bits per heavy atom. The van der Waals surface area contributed by atoms with Crippen LogP contribution in [0.1, 0.15) is 26.3 Å². The predicted molar refractivity (Wildman–Crippen MR) is 83.2 cm³/mol. The molecule has 0 aliphatic rings. The maximum Gasteiger partial charge on any atom is 0.294 e. The lowest BCUT2D eigenvalue weighted by Crippen LogP contribution is -2.45. The number of rotatable bonds is 5. The second kappa shape index (κ2) is 8.99. The third-order valence-electron chi connectivity index (χ3n) is 2.71. The summed E-state index contributed by atoms with van der Waals surface area (Å²) in [6, 6.07) is 5.78. The molecule has 0 fully saturated rings. The summed E-state index contributed by atoms with van der Waals surface area (Å²) in [5.74, 6) is 0. The Bertz CT molecular complexity index is 532. The van der Waals surface area contributed by atoms with Crippen molar-refractivity contribution < 1.29 is 28.3 Å². The van der Waals surface area contributed by atoms with Crippen LogP contribution in [0.25, 0.3) is 6.08 Å². The first kappa shape index (κ1) is 20.7. The highest BCUT2D eigenvalue weighted by molar-refractivity contribution is 7.85. The second-order valence-corrected chi connectivity index (χ2v) is 6.01. The minimum Gasteiger partial charge on any atom is -0.379 e. The van der Waals surface area contributed by atoms with Gasteiger partial charge in [0.15, 0.2) is 0 Å². The molecule has 0 aliphatic heterocycles. The van der Waals surface area contributed by atoms with Crippen molar-refractivity contribution >= 4 is 16.2 Å². The van der Waals surface area contributed by atoms with E-state index in [4.69, 9.17) is 19.9 Å². The van der Waals surface area contributed by atoms with Crippen LogP contribution in [0.3, 0.4) is 0 Å². The third kappa shape index (κ3) is 7.12. The summed E-state index contributed by atoms with van der Waals surface area (Å²) in [6.45, 7) is 7.97. The SMILES string of the molecule is C=Cc1ccc(S(=O)(=O)O)cc1.CC(O)N(C(C)O)C(C)O. The van der Waals surface area contributed by atoms with Gasteiger partial charge >= 0.3 is 0 Å². The summed E-state index contributed by atoms with van der Waals surface area (Å²) in [4.78, 5) is 1.06. The molecule has 4 N–H and O–H groups in total. The molecule has 0 bridgehead atoms. The largest absolute Gasteiger partial charge is 0.379 e. The van der Waals surface area contributed by atoms with Crippen LogP contribution in [0, 0.1) is 0 Å². The Labute approximate surface area is 130 Å². The summed E-state index contributed by atoms with van der Waals surface area (Å²) in [5, 5.41) is 26.9. The Morgan fingerprint density at radius 1 is 1.00 bits per heavy atom. The van der Waals surface area contributed by atoms with Gasteiger partial charge in [-0.05, 0) is 38.5 Å². The molecule has 1 aromatic carbocycles. The van der Waals surface area contributed by atoms with Crippen molar-refractivity contribution in [3.63, 3.8) is 0 Å². The van der Waals surface area contributed by atoms with Crippen LogP contribution in [0.4, 0.5) is 0 Å². The van der Waals surface area contributed by atoms with Gasteiger partial charge in [-0.25, -0.2) is 4.90 Å². The van der Waals surface area contributed by atoms with Crippen molar-refractivity contribution in [2.45, 2.75) is 44.4 Å². The van der Waals surface area contributed by atoms with Crippen LogP contribution < -0.4 is 0 Å². The number of nitrogens with zero attached hydrogens (tertiary/aromatic N) is 1. The maximum atomic E-state index is 10.6. The fraction of sp³-hybridized carbons (Fsp3) is 0.429. The number of aliphatic hydroxyl groups is 3. The van der Waals surface area contributed by atoms with E-state index >= 15 is 0 Å². The van der Waals surface area contributed by atoms with E-state index in [0.717, 1.165) is 5.56 Å². The first-order valence-corrected chi connectivity index (χ1v) is 7.96. The molecule has 0 saturated heterocycles. The smallest absolute Gasteiger partial charge is 0.294 e. The number of aliphatic hydroxyl groups excluding tert-OH is 3. The van der Waals surface area contributed by atoms with E-state index in [2.05, 4.69) is 6.58 Å². The average molecular weight is 333 g/mol. The maximum absolute atomic E-state index is 10.6. The third-order valence-corrected chi connectivity index (χ3v) is 3.58. The molecule has 3 unspecified atom stereocenters. The Hall–Kier alpha value is -1.29. The van der Waals surface area contributed by atoms with Gasteiger partial charge in [0.25, 0.3) is 10.1 Å². The average Bonchev–Trinajstić information content (AvgIpc) is 2.37. The minimum atomic E-state index is -4.06. The second-order valence-electron chi connectivity index (χ2n) is 4.59. The van der Waals surface area contributed by atoms with E-state index in [-0.39, 0.29) is 4.90 Å². The van der Waals surface area contributed by atoms with Gasteiger partial charge in [-0.15, -0.1) is 0 Å². The summed E-state index contributed by atoms with van der Waals surface area (Å²) in [6.07, 6.45) is -0.909. The quantitative estimate of drug-likeness (QED) is 0.466. The number of hydrogen-bond donors (Lipinski definition) is 4. The lowest BCUT2D eigenvalue weighted by atomic mass is 10.2. The zero-order valence-electron chi connectivity index (χ0n) is 12.8. The molecule has 0 aliphatic carbocycles. The topological polar surface area (TPSA) is 118 Å². The fourth-order valence-electron chi connectivity index (χ4n) is 1.71. The Kier molecular flexibility index (Phi) is 8.46. The summed E-state index contributed by atoms with van der Waals surface area (Å²) in [5.41, 5.74) is 0.808. The molecule has 3 atom stereocenters. The van der Waals surface area contributed by atoms with Gasteiger partial charge in [-0.3, -0.25) is 4.55 Å². The molecule has 0 heterocycles. The molecule has 0 radical (unpaired) electrons. The van der Waals surface area contributed by atoms with Gasteiger partial charge in [-0.2, -0.15) is 8.42 Å². The molecule has 22 heavy (non-hydrogen) atoms. The van der Waals surface area contributed by atoms with E-state index in [0.29, 0.717) is 0 Å². The molecular formula is C14H23NO6S. The van der Waals surface area contributed by atoms with Crippen molar-refractivity contribution in [2.24, 2.45) is 0 Å². The molecule has 1 rings (SSSR count). The summed E-state index contributed by atoms with van der Waals surface area (Å²) < 4.78 is 29.7. The van der Waals surface area contributed by atoms with Crippen LogP contribution in [0.2, 0.25) is 0 Å². The van der Waals surface area contributed by atoms with E-state index in [1.165, 1.54) is 37.8 Å². The molecule has 0 amide bonds. The summed E-state index contributed by atoms with van der Waals surface area (Å²) in [7, 11) is -4.06. The molecule has 7 nitrogen and oxygen atoms in total. The van der Waals surface area contributed by atoms with E-state index in [9.17, 15) is 8.42 Å². The fourth-order valence-corrected chi connectivity index (χ4v) is 2.19. The van der Waals surface area contributed by atoms with Crippen molar-refractivity contribution in [3.8, 4) is 0 Å². The van der Waals surface area contributed by atoms with Gasteiger partial charge in [0.2, 0.25) is 0 Å². The van der Waals surface area contributed by atoms with Crippen LogP contribution in [-0.4, -0.2) is 51.9 Å². The molecule has 126 valence electrons. The standard InChI is InChI=1S/C8H8O3S.C6H15NO3/c1-2-7-3-5-8(6-4-7)12(9,10)11;1-4(8)7(5(2)9)6(3)10/h2-6H,1H2,(H,9,10,11);4-6,8-10H,1-3H3. The van der Waals surface area contributed by atoms with Crippen molar-refractivity contribution in [2.75, 3.05) is 0 Å². The van der Waals surface area contributed by atoms with Gasteiger partial charge < -0.3 is 15.3 Å². The van der Waals surface area contributed by atoms with Crippen molar-refractivity contribution in [1.29, 1.82) is 0 Å². The van der Waals surface area contributed by atoms with Crippen LogP contribution in [0.15, 0.2) is 35.7 Å². The first-order valence-electron chi connectivity index (χ1n) is 6.52. The first-order chi connectivity index (χ1) is 10.0. The zero-order chi connectivity index (χ0) is 17.5. The predicted octanol–water partition coefficient (Wildman–Crippen LogP) is 0.880. The molecular weight excluding hydrogens is 310 g/mol. The van der Waals surface area contributed by atoms with E-state index in [1.54, 1.807) is 18.2 Å². The van der Waals surface area contributed by atoms with Crippen molar-refractivity contribution in [3.05, 3.63) is 36.4 Å². The number of benzene rings is 1. The molecule has 1 aromatic rings. The number of hydrogen-bond acceptors (Lipinski definition) is 6. The van der Waals surface area contributed by atoms with Gasteiger partial charge in [0, 0.05) is 0 Å². The lowest BCUT2D eigenvalue weighted by molar-refractivity contribution is -0.159.